The van der Waals surface area contributed by atoms with E-state index in [0.29, 0.717) is 23.1 Å². The molecule has 2 aromatic rings. The smallest absolute Gasteiger partial charge is 0.337 e. The summed E-state index contributed by atoms with van der Waals surface area (Å²) >= 11 is 6.32. The van der Waals surface area contributed by atoms with Gasteiger partial charge in [-0.1, -0.05) is 35.9 Å². The molecule has 4 rings (SSSR count). The van der Waals surface area contributed by atoms with Gasteiger partial charge in [-0.25, -0.2) is 4.79 Å². The highest BCUT2D eigenvalue weighted by atomic mass is 35.5. The van der Waals surface area contributed by atoms with Crippen LogP contribution in [-0.2, 0) is 16.1 Å². The van der Waals surface area contributed by atoms with Gasteiger partial charge < -0.3 is 19.7 Å². The summed E-state index contributed by atoms with van der Waals surface area (Å²) in [6.07, 6.45) is 0.737. The summed E-state index contributed by atoms with van der Waals surface area (Å²) in [4.78, 5) is 22.5. The minimum absolute atomic E-state index is 0.250. The largest absolute Gasteiger partial charge is 0.488 e. The zero-order valence-corrected chi connectivity index (χ0v) is 18.6. The molecule has 0 radical (unpaired) electrons. The summed E-state index contributed by atoms with van der Waals surface area (Å²) in [5.41, 5.74) is 1.58. The highest BCUT2D eigenvalue weighted by Crippen LogP contribution is 2.39. The number of benzene rings is 2. The number of rotatable bonds is 5. The molecule has 0 spiro atoms. The number of fused-ring (bicyclic) bond motifs is 1. The first-order valence-corrected chi connectivity index (χ1v) is 10.9. The second kappa shape index (κ2) is 11.3. The fraction of sp³-hybridized carbons (Fsp3) is 0.417. The van der Waals surface area contributed by atoms with Gasteiger partial charge in [-0.3, -0.25) is 9.69 Å². The Bertz CT molecular complexity index is 923. The Kier molecular flexibility index (Phi) is 8.50. The quantitative estimate of drug-likeness (QED) is 0.519. The molecule has 4 atom stereocenters. The molecule has 7 nitrogen and oxygen atoms in total. The van der Waals surface area contributed by atoms with Crippen molar-refractivity contribution in [1.29, 1.82) is 0 Å². The van der Waals surface area contributed by atoms with Gasteiger partial charge >= 0.3 is 5.97 Å². The van der Waals surface area contributed by atoms with Gasteiger partial charge in [-0.15, -0.1) is 0 Å². The van der Waals surface area contributed by atoms with Crippen molar-refractivity contribution < 1.29 is 29.3 Å². The Morgan fingerprint density at radius 2 is 1.84 bits per heavy atom. The van der Waals surface area contributed by atoms with Crippen LogP contribution in [0, 0.1) is 11.8 Å². The van der Waals surface area contributed by atoms with Crippen molar-refractivity contribution in [2.45, 2.75) is 31.6 Å². The third-order valence-electron chi connectivity index (χ3n) is 6.05. The van der Waals surface area contributed by atoms with Crippen LogP contribution >= 0.6 is 11.6 Å². The molecule has 0 unspecified atom stereocenters. The monoisotopic (exact) mass is 461 g/mol. The van der Waals surface area contributed by atoms with Gasteiger partial charge in [0.05, 0.1) is 18.8 Å². The van der Waals surface area contributed by atoms with Gasteiger partial charge in [0.1, 0.15) is 11.9 Å². The number of hydrogen-bond acceptors (Lipinski definition) is 6. The van der Waals surface area contributed by atoms with E-state index in [1.54, 1.807) is 18.2 Å². The first-order chi connectivity index (χ1) is 15.4. The average molecular weight is 462 g/mol. The lowest BCUT2D eigenvalue weighted by Crippen LogP contribution is -2.42. The molecule has 1 saturated heterocycles. The van der Waals surface area contributed by atoms with E-state index in [-0.39, 0.29) is 12.6 Å². The Hall–Kier alpha value is -2.61. The van der Waals surface area contributed by atoms with Crippen LogP contribution in [0.25, 0.3) is 0 Å². The Morgan fingerprint density at radius 3 is 2.53 bits per heavy atom. The van der Waals surface area contributed by atoms with Crippen molar-refractivity contribution in [2.75, 3.05) is 20.2 Å². The maximum atomic E-state index is 11.7. The average Bonchev–Trinajstić information content (AvgIpc) is 3.16. The van der Waals surface area contributed by atoms with Gasteiger partial charge in [0.2, 0.25) is 0 Å². The first-order valence-electron chi connectivity index (χ1n) is 10.5. The van der Waals surface area contributed by atoms with Crippen molar-refractivity contribution in [3.05, 3.63) is 64.7 Å². The van der Waals surface area contributed by atoms with Gasteiger partial charge in [0.15, 0.2) is 0 Å². The molecule has 32 heavy (non-hydrogen) atoms. The van der Waals surface area contributed by atoms with Gasteiger partial charge in [-0.2, -0.15) is 0 Å². The summed E-state index contributed by atoms with van der Waals surface area (Å²) < 4.78 is 10.9. The molecular formula is C24H28ClNO6. The molecule has 2 N–H and O–H groups in total. The minimum atomic E-state index is -0.515. The molecule has 2 fully saturated rings. The second-order valence-corrected chi connectivity index (χ2v) is 8.53. The normalized spacial score (nSPS) is 24.6. The fourth-order valence-corrected chi connectivity index (χ4v) is 4.80. The minimum Gasteiger partial charge on any atom is -0.488 e. The molecule has 2 aromatic carbocycles. The second-order valence-electron chi connectivity index (χ2n) is 8.13. The van der Waals surface area contributed by atoms with Crippen LogP contribution in [-0.4, -0.2) is 60.0 Å². The summed E-state index contributed by atoms with van der Waals surface area (Å²) in [7, 11) is 1.36. The van der Waals surface area contributed by atoms with Crippen molar-refractivity contribution in [1.82, 2.24) is 4.90 Å². The number of carbonyl (C=O) groups is 2. The third kappa shape index (κ3) is 6.00. The van der Waals surface area contributed by atoms with Crippen molar-refractivity contribution in [2.24, 2.45) is 11.8 Å². The lowest BCUT2D eigenvalue weighted by molar-refractivity contribution is -0.122. The van der Waals surface area contributed by atoms with E-state index in [1.807, 2.05) is 24.3 Å². The molecule has 0 aromatic heterocycles. The lowest BCUT2D eigenvalue weighted by atomic mass is 9.78. The number of esters is 1. The van der Waals surface area contributed by atoms with Crippen LogP contribution in [0.2, 0.25) is 5.02 Å². The maximum Gasteiger partial charge on any atom is 0.337 e. The Balaban J connectivity index is 0.000000913. The Morgan fingerprint density at radius 1 is 1.16 bits per heavy atom. The van der Waals surface area contributed by atoms with E-state index in [4.69, 9.17) is 31.0 Å². The molecule has 0 bridgehead atoms. The van der Waals surface area contributed by atoms with Crippen LogP contribution in [0.3, 0.4) is 0 Å². The highest BCUT2D eigenvalue weighted by molar-refractivity contribution is 6.31. The predicted molar refractivity (Wildman–Crippen MR) is 120 cm³/mol. The van der Waals surface area contributed by atoms with Crippen molar-refractivity contribution >= 4 is 24.0 Å². The van der Waals surface area contributed by atoms with E-state index in [1.165, 1.54) is 7.11 Å². The number of aliphatic hydroxyl groups is 1. The predicted octanol–water partition coefficient (Wildman–Crippen LogP) is 3.48. The van der Waals surface area contributed by atoms with E-state index in [9.17, 15) is 9.90 Å². The van der Waals surface area contributed by atoms with Crippen LogP contribution < -0.4 is 4.74 Å². The van der Waals surface area contributed by atoms with Crippen molar-refractivity contribution in [3.8, 4) is 5.75 Å². The molecule has 1 aliphatic carbocycles. The molecule has 8 heteroatoms. The molecule has 0 amide bonds. The number of carboxylic acid groups (broad SMARTS) is 1. The number of halogens is 1. The molecule has 1 heterocycles. The number of ether oxygens (including phenoxy) is 2. The molecule has 1 aliphatic heterocycles. The number of likely N-dealkylation sites (tertiary alicyclic amines) is 1. The number of aliphatic hydroxyl groups excluding tert-OH is 1. The zero-order valence-electron chi connectivity index (χ0n) is 17.9. The van der Waals surface area contributed by atoms with Gasteiger partial charge in [0.25, 0.3) is 6.47 Å². The fourth-order valence-electron chi connectivity index (χ4n) is 4.60. The number of hydrogen-bond donors (Lipinski definition) is 2. The SMILES string of the molecule is COC(=O)c1cccc(O[C@@H]2C[C@@H]3CN(Cc4ccccc4Cl)C[C@@H]3C[C@H]2O)c1.O=CO. The van der Waals surface area contributed by atoms with E-state index in [0.717, 1.165) is 43.1 Å². The molecule has 2 aliphatic rings. The van der Waals surface area contributed by atoms with Gasteiger partial charge in [-0.05, 0) is 54.5 Å². The van der Waals surface area contributed by atoms with Crippen LogP contribution in [0.4, 0.5) is 0 Å². The maximum absolute atomic E-state index is 11.7. The van der Waals surface area contributed by atoms with E-state index >= 15 is 0 Å². The lowest BCUT2D eigenvalue weighted by Gasteiger charge is -2.35. The van der Waals surface area contributed by atoms with E-state index in [2.05, 4.69) is 11.0 Å². The van der Waals surface area contributed by atoms with Crippen LogP contribution in [0.1, 0.15) is 28.8 Å². The summed E-state index contributed by atoms with van der Waals surface area (Å²) in [6, 6.07) is 14.9. The van der Waals surface area contributed by atoms with Crippen molar-refractivity contribution in [3.63, 3.8) is 0 Å². The standard InChI is InChI=1S/C23H26ClNO4.CH2O2/c1-28-23(27)15-6-4-7-19(9-15)29-22-11-18-14-25(13-17(18)10-21(22)26)12-16-5-2-3-8-20(16)24;2-1-3/h2-9,17-18,21-22,26H,10-14H2,1H3;1H,(H,2,3)/t17-,18+,21+,22+;/m0./s1. The van der Waals surface area contributed by atoms with Crippen LogP contribution in [0.5, 0.6) is 5.75 Å². The summed E-state index contributed by atoms with van der Waals surface area (Å²) in [5.74, 6) is 1.13. The number of nitrogens with zero attached hydrogens (tertiary/aromatic N) is 1. The summed E-state index contributed by atoms with van der Waals surface area (Å²) in [5, 5.41) is 18.4. The first kappa shape index (κ1) is 24.0. The molecule has 172 valence electrons. The van der Waals surface area contributed by atoms with Crippen LogP contribution in [0.15, 0.2) is 48.5 Å². The summed E-state index contributed by atoms with van der Waals surface area (Å²) in [6.45, 7) is 2.53. The molecular weight excluding hydrogens is 434 g/mol. The van der Waals surface area contributed by atoms with Gasteiger partial charge in [0, 0.05) is 24.7 Å². The zero-order chi connectivity index (χ0) is 23.1. The molecule has 1 saturated carbocycles. The number of carbonyl (C=O) groups excluding carboxylic acids is 1. The van der Waals surface area contributed by atoms with E-state index < -0.39 is 12.1 Å². The highest BCUT2D eigenvalue weighted by Gasteiger charge is 2.42. The third-order valence-corrected chi connectivity index (χ3v) is 6.42. The Labute approximate surface area is 192 Å². The number of methoxy groups -OCH3 is 1. The topological polar surface area (TPSA) is 96.3 Å².